The van der Waals surface area contributed by atoms with Crippen LogP contribution in [0.5, 0.6) is 11.5 Å². The van der Waals surface area contributed by atoms with E-state index in [-0.39, 0.29) is 6.79 Å². The van der Waals surface area contributed by atoms with Crippen LogP contribution in [0.2, 0.25) is 0 Å². The van der Waals surface area contributed by atoms with Gasteiger partial charge in [0.05, 0.1) is 19.6 Å². The molecule has 2 heterocycles. The van der Waals surface area contributed by atoms with E-state index >= 15 is 0 Å². The van der Waals surface area contributed by atoms with Gasteiger partial charge in [0.2, 0.25) is 6.79 Å². The summed E-state index contributed by atoms with van der Waals surface area (Å²) >= 11 is 0. The monoisotopic (exact) mass is 320 g/mol. The molecular weight excluding hydrogens is 298 g/mol. The highest BCUT2D eigenvalue weighted by atomic mass is 16.7. The third-order valence-electron chi connectivity index (χ3n) is 4.43. The van der Waals surface area contributed by atoms with Crippen LogP contribution in [-0.4, -0.2) is 44.3 Å². The Morgan fingerprint density at radius 2 is 2.09 bits per heavy atom. The molecule has 1 fully saturated rings. The molecule has 3 N–H and O–H groups in total. The van der Waals surface area contributed by atoms with Gasteiger partial charge in [-0.15, -0.1) is 0 Å². The summed E-state index contributed by atoms with van der Waals surface area (Å²) in [7, 11) is 0. The highest BCUT2D eigenvalue weighted by Gasteiger charge is 2.28. The molecule has 124 valence electrons. The number of likely N-dealkylation sites (tertiary alicyclic amines) is 1. The van der Waals surface area contributed by atoms with E-state index in [0.29, 0.717) is 29.8 Å². The Bertz CT molecular complexity index is 605. The standard InChI is InChI=1S/C16H21N3O4/c1-2-19-7-3-4-12(19)9-17-15(20)16(21)18-11-5-6-13-14(8-11)23-10-22-13/h5-6,8,12H,2-4,7,9-10H2,1H3,(H,17,20)(H,18,21)/p+1/t12-/m1/s1. The molecule has 2 aliphatic rings. The van der Waals surface area contributed by atoms with Gasteiger partial charge in [-0.3, -0.25) is 9.59 Å². The Morgan fingerprint density at radius 1 is 1.26 bits per heavy atom. The van der Waals surface area contributed by atoms with Crippen molar-refractivity contribution in [2.24, 2.45) is 0 Å². The molecule has 2 aliphatic heterocycles. The summed E-state index contributed by atoms with van der Waals surface area (Å²) in [6, 6.07) is 5.44. The number of fused-ring (bicyclic) bond motifs is 1. The zero-order valence-electron chi connectivity index (χ0n) is 13.2. The molecule has 2 atom stereocenters. The predicted molar refractivity (Wildman–Crippen MR) is 83.6 cm³/mol. The fourth-order valence-electron chi connectivity index (χ4n) is 3.15. The van der Waals surface area contributed by atoms with Crippen molar-refractivity contribution in [1.29, 1.82) is 0 Å². The number of hydrogen-bond donors (Lipinski definition) is 3. The van der Waals surface area contributed by atoms with Crippen LogP contribution < -0.4 is 25.0 Å². The molecule has 0 spiro atoms. The number of nitrogens with one attached hydrogen (secondary N) is 3. The Hall–Kier alpha value is -2.28. The number of quaternary nitrogens is 1. The van der Waals surface area contributed by atoms with E-state index in [1.54, 1.807) is 18.2 Å². The highest BCUT2D eigenvalue weighted by Crippen LogP contribution is 2.34. The van der Waals surface area contributed by atoms with Crippen LogP contribution in [0.3, 0.4) is 0 Å². The normalized spacial score (nSPS) is 22.0. The largest absolute Gasteiger partial charge is 0.454 e. The number of benzene rings is 1. The molecule has 0 aromatic heterocycles. The van der Waals surface area contributed by atoms with E-state index in [9.17, 15) is 9.59 Å². The maximum absolute atomic E-state index is 12.0. The van der Waals surface area contributed by atoms with Gasteiger partial charge in [0.15, 0.2) is 11.5 Å². The summed E-state index contributed by atoms with van der Waals surface area (Å²) in [6.45, 7) is 5.04. The predicted octanol–water partition coefficient (Wildman–Crippen LogP) is -0.463. The minimum absolute atomic E-state index is 0.171. The van der Waals surface area contributed by atoms with E-state index < -0.39 is 11.8 Å². The van der Waals surface area contributed by atoms with Gasteiger partial charge < -0.3 is 25.0 Å². The first kappa shape index (κ1) is 15.6. The van der Waals surface area contributed by atoms with Crippen LogP contribution in [0, 0.1) is 0 Å². The topological polar surface area (TPSA) is 81.1 Å². The number of likely N-dealkylation sites (N-methyl/N-ethyl adjacent to an activating group) is 1. The van der Waals surface area contributed by atoms with Crippen molar-refractivity contribution in [1.82, 2.24) is 5.32 Å². The van der Waals surface area contributed by atoms with E-state index in [4.69, 9.17) is 9.47 Å². The number of ether oxygens (including phenoxy) is 2. The Labute approximate surface area is 134 Å². The number of rotatable bonds is 4. The van der Waals surface area contributed by atoms with E-state index in [1.165, 1.54) is 11.3 Å². The number of carbonyl (C=O) groups is 2. The molecule has 1 aromatic rings. The van der Waals surface area contributed by atoms with Crippen LogP contribution in [-0.2, 0) is 9.59 Å². The third-order valence-corrected chi connectivity index (χ3v) is 4.43. The molecule has 2 amide bonds. The van der Waals surface area contributed by atoms with Crippen molar-refractivity contribution in [3.63, 3.8) is 0 Å². The zero-order valence-corrected chi connectivity index (χ0v) is 13.2. The molecule has 7 nitrogen and oxygen atoms in total. The van der Waals surface area contributed by atoms with E-state index in [1.807, 2.05) is 0 Å². The average molecular weight is 320 g/mol. The van der Waals surface area contributed by atoms with Crippen LogP contribution in [0.1, 0.15) is 19.8 Å². The lowest BCUT2D eigenvalue weighted by Crippen LogP contribution is -3.14. The van der Waals surface area contributed by atoms with Crippen molar-refractivity contribution < 1.29 is 24.0 Å². The first-order valence-electron chi connectivity index (χ1n) is 8.00. The fraction of sp³-hybridized carbons (Fsp3) is 0.500. The Morgan fingerprint density at radius 3 is 2.91 bits per heavy atom. The summed E-state index contributed by atoms with van der Waals surface area (Å²) in [5.74, 6) is -0.0717. The molecule has 7 heteroatoms. The van der Waals surface area contributed by atoms with Gasteiger partial charge >= 0.3 is 11.8 Å². The number of carbonyl (C=O) groups excluding carboxylic acids is 2. The molecule has 1 saturated heterocycles. The molecule has 0 saturated carbocycles. The zero-order chi connectivity index (χ0) is 16.2. The number of anilines is 1. The second-order valence-electron chi connectivity index (χ2n) is 5.83. The lowest BCUT2D eigenvalue weighted by Gasteiger charge is -2.19. The van der Waals surface area contributed by atoms with Crippen LogP contribution in [0.25, 0.3) is 0 Å². The second-order valence-corrected chi connectivity index (χ2v) is 5.83. The average Bonchev–Trinajstić information content (AvgIpc) is 3.20. The van der Waals surface area contributed by atoms with Crippen molar-refractivity contribution in [2.45, 2.75) is 25.8 Å². The second kappa shape index (κ2) is 6.87. The Balaban J connectivity index is 1.50. The van der Waals surface area contributed by atoms with Crippen molar-refractivity contribution in [2.75, 3.05) is 31.7 Å². The van der Waals surface area contributed by atoms with Crippen LogP contribution in [0.4, 0.5) is 5.69 Å². The molecule has 0 aliphatic carbocycles. The van der Waals surface area contributed by atoms with Gasteiger partial charge in [-0.25, -0.2) is 0 Å². The maximum atomic E-state index is 12.0. The third kappa shape index (κ3) is 3.56. The SMILES string of the molecule is CC[NH+]1CCC[C@@H]1CNC(=O)C(=O)Nc1ccc2c(c1)OCO2. The first-order chi connectivity index (χ1) is 11.2. The van der Waals surface area contributed by atoms with Gasteiger partial charge in [0.25, 0.3) is 0 Å². The van der Waals surface area contributed by atoms with Crippen molar-refractivity contribution in [3.05, 3.63) is 18.2 Å². The molecule has 23 heavy (non-hydrogen) atoms. The lowest BCUT2D eigenvalue weighted by molar-refractivity contribution is -0.909. The first-order valence-corrected chi connectivity index (χ1v) is 8.00. The molecule has 3 rings (SSSR count). The van der Waals surface area contributed by atoms with Gasteiger partial charge in [0, 0.05) is 24.6 Å². The van der Waals surface area contributed by atoms with Gasteiger partial charge in [-0.1, -0.05) is 0 Å². The Kier molecular flexibility index (Phi) is 4.66. The summed E-state index contributed by atoms with van der Waals surface area (Å²) in [5, 5.41) is 5.31. The van der Waals surface area contributed by atoms with E-state index in [2.05, 4.69) is 17.6 Å². The van der Waals surface area contributed by atoms with Gasteiger partial charge in [-0.2, -0.15) is 0 Å². The number of amides is 2. The van der Waals surface area contributed by atoms with Crippen molar-refractivity contribution >= 4 is 17.5 Å². The summed E-state index contributed by atoms with van der Waals surface area (Å²) < 4.78 is 10.4. The summed E-state index contributed by atoms with van der Waals surface area (Å²) in [5.41, 5.74) is 0.510. The van der Waals surface area contributed by atoms with Gasteiger partial charge in [-0.05, 0) is 19.1 Å². The maximum Gasteiger partial charge on any atom is 0.313 e. The minimum Gasteiger partial charge on any atom is -0.454 e. The van der Waals surface area contributed by atoms with Crippen LogP contribution >= 0.6 is 0 Å². The van der Waals surface area contributed by atoms with Crippen LogP contribution in [0.15, 0.2) is 18.2 Å². The summed E-state index contributed by atoms with van der Waals surface area (Å²) in [6.07, 6.45) is 2.26. The number of hydrogen-bond acceptors (Lipinski definition) is 4. The molecule has 1 aromatic carbocycles. The molecule has 1 unspecified atom stereocenters. The highest BCUT2D eigenvalue weighted by molar-refractivity contribution is 6.39. The summed E-state index contributed by atoms with van der Waals surface area (Å²) in [4.78, 5) is 25.4. The molecular formula is C16H22N3O4+. The fourth-order valence-corrected chi connectivity index (χ4v) is 3.15. The van der Waals surface area contributed by atoms with E-state index in [0.717, 1.165) is 19.5 Å². The molecule has 0 radical (unpaired) electrons. The quantitative estimate of drug-likeness (QED) is 0.656. The lowest BCUT2D eigenvalue weighted by atomic mass is 10.2. The van der Waals surface area contributed by atoms with Gasteiger partial charge in [0.1, 0.15) is 6.04 Å². The van der Waals surface area contributed by atoms with Crippen molar-refractivity contribution in [3.8, 4) is 11.5 Å². The minimum atomic E-state index is -0.667. The molecule has 0 bridgehead atoms. The smallest absolute Gasteiger partial charge is 0.313 e.